The highest BCUT2D eigenvalue weighted by atomic mass is 79.9. The van der Waals surface area contributed by atoms with Crippen molar-refractivity contribution in [2.45, 2.75) is 6.61 Å². The maximum absolute atomic E-state index is 13.6. The van der Waals surface area contributed by atoms with Crippen molar-refractivity contribution in [3.63, 3.8) is 0 Å². The maximum atomic E-state index is 13.6. The highest BCUT2D eigenvalue weighted by Gasteiger charge is 2.13. The Morgan fingerprint density at radius 3 is 2.62 bits per heavy atom. The number of carbonyl (C=O) groups excluding carboxylic acids is 2. The molecule has 0 saturated carbocycles. The highest BCUT2D eigenvalue weighted by Crippen LogP contribution is 2.17. The second kappa shape index (κ2) is 6.49. The van der Waals surface area contributed by atoms with Crippen LogP contribution in [-0.2, 0) is 11.3 Å². The molecule has 6 heteroatoms. The van der Waals surface area contributed by atoms with Crippen LogP contribution in [0.3, 0.4) is 0 Å². The van der Waals surface area contributed by atoms with E-state index in [2.05, 4.69) is 15.9 Å². The number of amides is 1. The molecule has 2 aromatic rings. The summed E-state index contributed by atoms with van der Waals surface area (Å²) in [6, 6.07) is 10.5. The monoisotopic (exact) mass is 351 g/mol. The largest absolute Gasteiger partial charge is 0.457 e. The van der Waals surface area contributed by atoms with Crippen LogP contribution < -0.4 is 5.73 Å². The average molecular weight is 352 g/mol. The normalized spacial score (nSPS) is 10.2. The lowest BCUT2D eigenvalue weighted by Crippen LogP contribution is -2.12. The highest BCUT2D eigenvalue weighted by molar-refractivity contribution is 9.10. The molecule has 0 aliphatic carbocycles. The standard InChI is InChI=1S/C15H11BrFNO3/c16-11-4-5-12(13(17)7-11)15(20)21-8-9-2-1-3-10(6-9)14(18)19/h1-7H,8H2,(H2,18,19). The third kappa shape index (κ3) is 3.88. The van der Waals surface area contributed by atoms with Gasteiger partial charge in [0.1, 0.15) is 12.4 Å². The zero-order valence-electron chi connectivity index (χ0n) is 10.8. The lowest BCUT2D eigenvalue weighted by molar-refractivity contribution is 0.0467. The predicted octanol–water partition coefficient (Wildman–Crippen LogP) is 3.04. The number of nitrogens with two attached hydrogens (primary N) is 1. The molecule has 0 radical (unpaired) electrons. The molecule has 0 aliphatic heterocycles. The van der Waals surface area contributed by atoms with Crippen LogP contribution in [0.1, 0.15) is 26.3 Å². The van der Waals surface area contributed by atoms with Crippen LogP contribution in [0.15, 0.2) is 46.9 Å². The van der Waals surface area contributed by atoms with E-state index < -0.39 is 17.7 Å². The molecule has 0 atom stereocenters. The van der Waals surface area contributed by atoms with Crippen LogP contribution in [0.2, 0.25) is 0 Å². The molecule has 2 aromatic carbocycles. The number of hydrogen-bond acceptors (Lipinski definition) is 3. The fraction of sp³-hybridized carbons (Fsp3) is 0.0667. The van der Waals surface area contributed by atoms with Crippen molar-refractivity contribution in [1.82, 2.24) is 0 Å². The van der Waals surface area contributed by atoms with Gasteiger partial charge in [-0.05, 0) is 35.9 Å². The van der Waals surface area contributed by atoms with Gasteiger partial charge in [-0.1, -0.05) is 28.1 Å². The third-order valence-corrected chi connectivity index (χ3v) is 3.23. The Hall–Kier alpha value is -2.21. The number of esters is 1. The Morgan fingerprint density at radius 2 is 1.95 bits per heavy atom. The lowest BCUT2D eigenvalue weighted by atomic mass is 10.1. The molecule has 0 aliphatic rings. The van der Waals surface area contributed by atoms with Crippen molar-refractivity contribution in [2.24, 2.45) is 5.73 Å². The zero-order chi connectivity index (χ0) is 15.4. The molecule has 2 N–H and O–H groups in total. The summed E-state index contributed by atoms with van der Waals surface area (Å²) in [5.41, 5.74) is 5.93. The Labute approximate surface area is 128 Å². The van der Waals surface area contributed by atoms with E-state index >= 15 is 0 Å². The minimum Gasteiger partial charge on any atom is -0.457 e. The van der Waals surface area contributed by atoms with E-state index in [1.54, 1.807) is 24.3 Å². The SMILES string of the molecule is NC(=O)c1cccc(COC(=O)c2ccc(Br)cc2F)c1. The van der Waals surface area contributed by atoms with Gasteiger partial charge in [-0.2, -0.15) is 0 Å². The molecule has 21 heavy (non-hydrogen) atoms. The van der Waals surface area contributed by atoms with E-state index in [1.165, 1.54) is 18.2 Å². The van der Waals surface area contributed by atoms with E-state index in [4.69, 9.17) is 10.5 Å². The molecular formula is C15H11BrFNO3. The van der Waals surface area contributed by atoms with Crippen LogP contribution in [0.25, 0.3) is 0 Å². The van der Waals surface area contributed by atoms with Crippen molar-refractivity contribution in [3.05, 3.63) is 69.4 Å². The van der Waals surface area contributed by atoms with Crippen molar-refractivity contribution >= 4 is 27.8 Å². The van der Waals surface area contributed by atoms with Gasteiger partial charge in [0, 0.05) is 10.0 Å². The first kappa shape index (κ1) is 15.2. The van der Waals surface area contributed by atoms with Gasteiger partial charge in [0.2, 0.25) is 5.91 Å². The number of ether oxygens (including phenoxy) is 1. The van der Waals surface area contributed by atoms with E-state index in [0.29, 0.717) is 15.6 Å². The molecule has 1 amide bonds. The van der Waals surface area contributed by atoms with Gasteiger partial charge in [-0.3, -0.25) is 4.79 Å². The summed E-state index contributed by atoms with van der Waals surface area (Å²) in [7, 11) is 0. The maximum Gasteiger partial charge on any atom is 0.341 e. The smallest absolute Gasteiger partial charge is 0.341 e. The number of halogens is 2. The molecular weight excluding hydrogens is 341 g/mol. The van der Waals surface area contributed by atoms with Crippen LogP contribution in [0, 0.1) is 5.82 Å². The van der Waals surface area contributed by atoms with Crippen LogP contribution >= 0.6 is 15.9 Å². The van der Waals surface area contributed by atoms with E-state index in [9.17, 15) is 14.0 Å². The quantitative estimate of drug-likeness (QED) is 0.860. The summed E-state index contributed by atoms with van der Waals surface area (Å²) in [6.07, 6.45) is 0. The molecule has 0 fully saturated rings. The molecule has 0 aromatic heterocycles. The number of hydrogen-bond donors (Lipinski definition) is 1. The van der Waals surface area contributed by atoms with Crippen molar-refractivity contribution in [3.8, 4) is 0 Å². The average Bonchev–Trinajstić information content (AvgIpc) is 2.45. The van der Waals surface area contributed by atoms with Gasteiger partial charge < -0.3 is 10.5 Å². The summed E-state index contributed by atoms with van der Waals surface area (Å²) >= 11 is 3.11. The minimum absolute atomic E-state index is 0.0740. The lowest BCUT2D eigenvalue weighted by Gasteiger charge is -2.07. The first-order valence-corrected chi connectivity index (χ1v) is 6.77. The molecule has 0 spiro atoms. The molecule has 2 rings (SSSR count). The zero-order valence-corrected chi connectivity index (χ0v) is 12.4. The van der Waals surface area contributed by atoms with E-state index in [0.717, 1.165) is 0 Å². The van der Waals surface area contributed by atoms with Gasteiger partial charge in [0.05, 0.1) is 5.56 Å². The molecule has 0 heterocycles. The number of benzene rings is 2. The Kier molecular flexibility index (Phi) is 4.70. The fourth-order valence-electron chi connectivity index (χ4n) is 1.70. The van der Waals surface area contributed by atoms with Gasteiger partial charge in [-0.25, -0.2) is 9.18 Å². The van der Waals surface area contributed by atoms with Gasteiger partial charge in [-0.15, -0.1) is 0 Å². The molecule has 108 valence electrons. The van der Waals surface area contributed by atoms with Crippen molar-refractivity contribution < 1.29 is 18.7 Å². The van der Waals surface area contributed by atoms with Crippen LogP contribution in [-0.4, -0.2) is 11.9 Å². The first-order valence-electron chi connectivity index (χ1n) is 5.98. The van der Waals surface area contributed by atoms with Gasteiger partial charge in [0.15, 0.2) is 0 Å². The second-order valence-corrected chi connectivity index (χ2v) is 5.18. The Balaban J connectivity index is 2.07. The predicted molar refractivity (Wildman–Crippen MR) is 78.2 cm³/mol. The molecule has 0 saturated heterocycles. The van der Waals surface area contributed by atoms with Gasteiger partial charge in [0.25, 0.3) is 0 Å². The summed E-state index contributed by atoms with van der Waals surface area (Å²) in [4.78, 5) is 22.8. The summed E-state index contributed by atoms with van der Waals surface area (Å²) in [5.74, 6) is -2.01. The Bertz CT molecular complexity index is 703. The molecule has 0 bridgehead atoms. The molecule has 4 nitrogen and oxygen atoms in total. The number of primary amides is 1. The fourth-order valence-corrected chi connectivity index (χ4v) is 2.03. The van der Waals surface area contributed by atoms with E-state index in [1.807, 2.05) is 0 Å². The minimum atomic E-state index is -0.774. The number of rotatable bonds is 4. The van der Waals surface area contributed by atoms with Crippen LogP contribution in [0.5, 0.6) is 0 Å². The van der Waals surface area contributed by atoms with E-state index in [-0.39, 0.29) is 12.2 Å². The number of carbonyl (C=O) groups is 2. The second-order valence-electron chi connectivity index (χ2n) is 4.26. The summed E-state index contributed by atoms with van der Waals surface area (Å²) in [5, 5.41) is 0. The first-order chi connectivity index (χ1) is 9.97. The van der Waals surface area contributed by atoms with Gasteiger partial charge >= 0.3 is 5.97 Å². The third-order valence-electron chi connectivity index (χ3n) is 2.73. The van der Waals surface area contributed by atoms with Crippen LogP contribution in [0.4, 0.5) is 4.39 Å². The molecule has 0 unspecified atom stereocenters. The summed E-state index contributed by atoms with van der Waals surface area (Å²) < 4.78 is 19.2. The van der Waals surface area contributed by atoms with Crippen molar-refractivity contribution in [1.29, 1.82) is 0 Å². The summed E-state index contributed by atoms with van der Waals surface area (Å²) in [6.45, 7) is -0.0740. The Morgan fingerprint density at radius 1 is 1.19 bits per heavy atom. The topological polar surface area (TPSA) is 69.4 Å². The van der Waals surface area contributed by atoms with Crippen molar-refractivity contribution in [2.75, 3.05) is 0 Å².